The Morgan fingerprint density at radius 3 is 2.12 bits per heavy atom. The number of imidazole rings is 1. The molecule has 0 spiro atoms. The lowest BCUT2D eigenvalue weighted by atomic mass is 10.1. The van der Waals surface area contributed by atoms with E-state index >= 15 is 0 Å². The normalized spacial score (nSPS) is 11.8. The van der Waals surface area contributed by atoms with E-state index in [9.17, 15) is 0 Å². The molecule has 0 saturated carbocycles. The van der Waals surface area contributed by atoms with E-state index in [-0.39, 0.29) is 5.54 Å². The van der Waals surface area contributed by atoms with Crippen LogP contribution < -0.4 is 0 Å². The van der Waals surface area contributed by atoms with Crippen LogP contribution in [-0.2, 0) is 5.54 Å². The molecule has 0 amide bonds. The van der Waals surface area contributed by atoms with Gasteiger partial charge in [-0.15, -0.1) is 0 Å². The monoisotopic (exact) mass is 327 g/mol. The topological polar surface area (TPSA) is 30.7 Å². The molecule has 3 heteroatoms. The summed E-state index contributed by atoms with van der Waals surface area (Å²) in [5.41, 5.74) is 5.36. The number of pyridine rings is 1. The minimum absolute atomic E-state index is 0.0505. The average molecular weight is 327 g/mol. The van der Waals surface area contributed by atoms with E-state index in [1.165, 1.54) is 5.52 Å². The van der Waals surface area contributed by atoms with Crippen molar-refractivity contribution >= 4 is 11.0 Å². The maximum Gasteiger partial charge on any atom is 0.141 e. The van der Waals surface area contributed by atoms with E-state index < -0.39 is 0 Å². The van der Waals surface area contributed by atoms with Gasteiger partial charge in [0, 0.05) is 22.9 Å². The van der Waals surface area contributed by atoms with Crippen LogP contribution in [-0.4, -0.2) is 14.5 Å². The van der Waals surface area contributed by atoms with Crippen molar-refractivity contribution in [2.24, 2.45) is 0 Å². The first-order valence-corrected chi connectivity index (χ1v) is 8.54. The van der Waals surface area contributed by atoms with Gasteiger partial charge in [-0.2, -0.15) is 0 Å². The summed E-state index contributed by atoms with van der Waals surface area (Å²) in [7, 11) is 0. The third kappa shape index (κ3) is 2.82. The fraction of sp³-hybridized carbons (Fsp3) is 0.182. The van der Waals surface area contributed by atoms with Crippen molar-refractivity contribution < 1.29 is 0 Å². The molecule has 124 valence electrons. The van der Waals surface area contributed by atoms with Crippen LogP contribution in [0, 0.1) is 0 Å². The maximum absolute atomic E-state index is 4.90. The number of rotatable bonds is 2. The quantitative estimate of drug-likeness (QED) is 0.485. The molecule has 0 radical (unpaired) electrons. The van der Waals surface area contributed by atoms with Crippen LogP contribution in [0.5, 0.6) is 0 Å². The molecule has 2 aromatic heterocycles. The van der Waals surface area contributed by atoms with Crippen LogP contribution in [0.3, 0.4) is 0 Å². The van der Waals surface area contributed by atoms with Gasteiger partial charge in [-0.3, -0.25) is 4.98 Å². The Kier molecular flexibility index (Phi) is 3.65. The van der Waals surface area contributed by atoms with Crippen molar-refractivity contribution in [2.45, 2.75) is 26.3 Å². The van der Waals surface area contributed by atoms with Gasteiger partial charge in [-0.1, -0.05) is 42.5 Å². The zero-order valence-corrected chi connectivity index (χ0v) is 14.8. The lowest BCUT2D eigenvalue weighted by Gasteiger charge is -2.24. The van der Waals surface area contributed by atoms with Gasteiger partial charge in [0.2, 0.25) is 0 Å². The summed E-state index contributed by atoms with van der Waals surface area (Å²) in [5, 5.41) is 0. The van der Waals surface area contributed by atoms with Crippen molar-refractivity contribution in [3.8, 4) is 22.6 Å². The standard InChI is InChI=1S/C22H21N3/c1-22(2,3)25-20-10-5-4-9-19(20)24-21(25)17-13-11-16(12-14-17)18-8-6-7-15-23-18/h4-15H,1-3H3. The van der Waals surface area contributed by atoms with Gasteiger partial charge >= 0.3 is 0 Å². The molecule has 0 aliphatic carbocycles. The van der Waals surface area contributed by atoms with Gasteiger partial charge in [0.1, 0.15) is 5.82 Å². The fourth-order valence-electron chi connectivity index (χ4n) is 3.22. The van der Waals surface area contributed by atoms with Gasteiger partial charge in [0.15, 0.2) is 0 Å². The molecule has 0 atom stereocenters. The summed E-state index contributed by atoms with van der Waals surface area (Å²) < 4.78 is 2.32. The Hall–Kier alpha value is -2.94. The number of benzene rings is 2. The second kappa shape index (κ2) is 5.85. The van der Waals surface area contributed by atoms with E-state index in [2.05, 4.69) is 72.8 Å². The number of para-hydroxylation sites is 2. The Morgan fingerprint density at radius 2 is 1.44 bits per heavy atom. The van der Waals surface area contributed by atoms with Gasteiger partial charge in [-0.05, 0) is 45.0 Å². The van der Waals surface area contributed by atoms with Crippen LogP contribution in [0.15, 0.2) is 72.9 Å². The predicted molar refractivity (Wildman–Crippen MR) is 103 cm³/mol. The Labute approximate surface area is 148 Å². The van der Waals surface area contributed by atoms with E-state index in [1.54, 1.807) is 0 Å². The second-order valence-electron chi connectivity index (χ2n) is 7.22. The highest BCUT2D eigenvalue weighted by molar-refractivity contribution is 5.81. The largest absolute Gasteiger partial charge is 0.319 e. The van der Waals surface area contributed by atoms with Gasteiger partial charge < -0.3 is 4.57 Å². The van der Waals surface area contributed by atoms with Crippen LogP contribution in [0.2, 0.25) is 0 Å². The summed E-state index contributed by atoms with van der Waals surface area (Å²) >= 11 is 0. The molecule has 0 aliphatic rings. The Balaban J connectivity index is 1.85. The summed E-state index contributed by atoms with van der Waals surface area (Å²) in [6.07, 6.45) is 1.82. The van der Waals surface area contributed by atoms with Crippen LogP contribution >= 0.6 is 0 Å². The van der Waals surface area contributed by atoms with Crippen molar-refractivity contribution in [3.05, 3.63) is 72.9 Å². The summed E-state index contributed by atoms with van der Waals surface area (Å²) in [4.78, 5) is 9.32. The average Bonchev–Trinajstić information content (AvgIpc) is 3.02. The Morgan fingerprint density at radius 1 is 0.760 bits per heavy atom. The fourth-order valence-corrected chi connectivity index (χ4v) is 3.22. The van der Waals surface area contributed by atoms with Gasteiger partial charge in [0.25, 0.3) is 0 Å². The minimum Gasteiger partial charge on any atom is -0.319 e. The molecule has 0 saturated heterocycles. The first-order chi connectivity index (χ1) is 12.0. The van der Waals surface area contributed by atoms with Crippen molar-refractivity contribution in [1.29, 1.82) is 0 Å². The number of aromatic nitrogens is 3. The van der Waals surface area contributed by atoms with Gasteiger partial charge in [-0.25, -0.2) is 4.98 Å². The van der Waals surface area contributed by atoms with E-state index in [1.807, 2.05) is 30.5 Å². The van der Waals surface area contributed by atoms with Gasteiger partial charge in [0.05, 0.1) is 16.7 Å². The molecular formula is C22H21N3. The lowest BCUT2D eigenvalue weighted by Crippen LogP contribution is -2.22. The lowest BCUT2D eigenvalue weighted by molar-refractivity contribution is 0.413. The first kappa shape index (κ1) is 15.6. The van der Waals surface area contributed by atoms with E-state index in [0.717, 1.165) is 28.2 Å². The first-order valence-electron chi connectivity index (χ1n) is 8.54. The molecule has 0 aliphatic heterocycles. The third-order valence-corrected chi connectivity index (χ3v) is 4.34. The summed E-state index contributed by atoms with van der Waals surface area (Å²) in [6, 6.07) is 22.8. The SMILES string of the molecule is CC(C)(C)n1c(-c2ccc(-c3ccccn3)cc2)nc2ccccc21. The van der Waals surface area contributed by atoms with Crippen LogP contribution in [0.1, 0.15) is 20.8 Å². The third-order valence-electron chi connectivity index (χ3n) is 4.34. The number of hydrogen-bond acceptors (Lipinski definition) is 2. The summed E-state index contributed by atoms with van der Waals surface area (Å²) in [5.74, 6) is 1.00. The summed E-state index contributed by atoms with van der Waals surface area (Å²) in [6.45, 7) is 6.65. The predicted octanol–water partition coefficient (Wildman–Crippen LogP) is 5.52. The zero-order chi connectivity index (χ0) is 17.4. The van der Waals surface area contributed by atoms with E-state index in [0.29, 0.717) is 0 Å². The molecule has 3 nitrogen and oxygen atoms in total. The molecule has 2 aromatic carbocycles. The minimum atomic E-state index is -0.0505. The van der Waals surface area contributed by atoms with Crippen molar-refractivity contribution in [2.75, 3.05) is 0 Å². The molecule has 4 aromatic rings. The molecular weight excluding hydrogens is 306 g/mol. The molecule has 0 fully saturated rings. The highest BCUT2D eigenvalue weighted by Crippen LogP contribution is 2.32. The highest BCUT2D eigenvalue weighted by Gasteiger charge is 2.22. The van der Waals surface area contributed by atoms with Crippen molar-refractivity contribution in [3.63, 3.8) is 0 Å². The van der Waals surface area contributed by atoms with Crippen LogP contribution in [0.4, 0.5) is 0 Å². The molecule has 25 heavy (non-hydrogen) atoms. The highest BCUT2D eigenvalue weighted by atomic mass is 15.1. The zero-order valence-electron chi connectivity index (χ0n) is 14.8. The molecule has 0 bridgehead atoms. The smallest absolute Gasteiger partial charge is 0.141 e. The maximum atomic E-state index is 4.90. The second-order valence-corrected chi connectivity index (χ2v) is 7.22. The van der Waals surface area contributed by atoms with E-state index in [4.69, 9.17) is 4.98 Å². The molecule has 4 rings (SSSR count). The number of hydrogen-bond donors (Lipinski definition) is 0. The van der Waals surface area contributed by atoms with Crippen molar-refractivity contribution in [1.82, 2.24) is 14.5 Å². The molecule has 0 N–H and O–H groups in total. The molecule has 2 heterocycles. The Bertz CT molecular complexity index is 1010. The number of fused-ring (bicyclic) bond motifs is 1. The van der Waals surface area contributed by atoms with Crippen LogP contribution in [0.25, 0.3) is 33.7 Å². The number of nitrogens with zero attached hydrogens (tertiary/aromatic N) is 3. The molecule has 0 unspecified atom stereocenters.